The molecular weight excluding hydrogens is 231 g/mol. The highest BCUT2D eigenvalue weighted by atomic mass is 19.4. The highest BCUT2D eigenvalue weighted by Gasteiger charge is 2.32. The summed E-state index contributed by atoms with van der Waals surface area (Å²) < 4.78 is 38.9. The fourth-order valence-electron chi connectivity index (χ4n) is 1.56. The molecule has 0 saturated carbocycles. The van der Waals surface area contributed by atoms with Crippen LogP contribution in [-0.2, 0) is 6.18 Å². The first kappa shape index (κ1) is 11.6. The molecule has 0 aliphatic carbocycles. The van der Waals surface area contributed by atoms with Gasteiger partial charge in [0.05, 0.1) is 5.69 Å². The highest BCUT2D eigenvalue weighted by Crippen LogP contribution is 2.28. The zero-order chi connectivity index (χ0) is 12.6. The second-order valence-corrected chi connectivity index (χ2v) is 3.72. The van der Waals surface area contributed by atoms with Crippen molar-refractivity contribution in [3.05, 3.63) is 41.3 Å². The molecule has 0 fully saturated rings. The molecule has 17 heavy (non-hydrogen) atoms. The number of aryl methyl sites for hydroxylation is 2. The van der Waals surface area contributed by atoms with Crippen LogP contribution in [0.5, 0.6) is 0 Å². The number of aromatic nitrogens is 3. The van der Waals surface area contributed by atoms with Crippen molar-refractivity contribution in [2.75, 3.05) is 0 Å². The van der Waals surface area contributed by atoms with Gasteiger partial charge in [0, 0.05) is 5.69 Å². The summed E-state index contributed by atoms with van der Waals surface area (Å²) in [6.45, 7) is 3.54. The average molecular weight is 241 g/mol. The Balaban J connectivity index is 2.50. The summed E-state index contributed by atoms with van der Waals surface area (Å²) in [6, 6.07) is 5.54. The van der Waals surface area contributed by atoms with Crippen LogP contribution in [0.1, 0.15) is 17.1 Å². The quantitative estimate of drug-likeness (QED) is 0.768. The van der Waals surface area contributed by atoms with Crippen LogP contribution in [-0.4, -0.2) is 14.8 Å². The maximum Gasteiger partial charge on any atom is 0.433 e. The Kier molecular flexibility index (Phi) is 2.65. The first-order valence-corrected chi connectivity index (χ1v) is 4.96. The molecule has 90 valence electrons. The Hall–Kier alpha value is -1.85. The molecule has 0 saturated heterocycles. The third-order valence-electron chi connectivity index (χ3n) is 2.25. The summed E-state index contributed by atoms with van der Waals surface area (Å²) in [5, 5.41) is 4.09. The molecule has 6 heteroatoms. The van der Waals surface area contributed by atoms with E-state index in [1.807, 2.05) is 0 Å². The van der Waals surface area contributed by atoms with Gasteiger partial charge in [0.2, 0.25) is 0 Å². The Morgan fingerprint density at radius 1 is 1.18 bits per heavy atom. The van der Waals surface area contributed by atoms with Crippen LogP contribution in [0.25, 0.3) is 5.82 Å². The molecule has 2 aromatic rings. The Morgan fingerprint density at radius 2 is 1.88 bits per heavy atom. The van der Waals surface area contributed by atoms with Crippen LogP contribution < -0.4 is 0 Å². The van der Waals surface area contributed by atoms with Crippen LogP contribution >= 0.6 is 0 Å². The van der Waals surface area contributed by atoms with E-state index in [4.69, 9.17) is 0 Å². The molecule has 0 bridgehead atoms. The number of halogens is 3. The molecule has 0 spiro atoms. The Morgan fingerprint density at radius 3 is 2.41 bits per heavy atom. The third kappa shape index (κ3) is 2.30. The van der Waals surface area contributed by atoms with Gasteiger partial charge in [-0.1, -0.05) is 6.07 Å². The molecule has 0 aliphatic heterocycles. The summed E-state index contributed by atoms with van der Waals surface area (Å²) in [5.74, 6) is 0.172. The van der Waals surface area contributed by atoms with Crippen LogP contribution in [0, 0.1) is 13.8 Å². The first-order valence-electron chi connectivity index (χ1n) is 4.96. The average Bonchev–Trinajstić information content (AvgIpc) is 2.57. The molecule has 0 aromatic carbocycles. The van der Waals surface area contributed by atoms with E-state index in [9.17, 15) is 13.2 Å². The Bertz CT molecular complexity index is 543. The lowest BCUT2D eigenvalue weighted by Gasteiger charge is -2.08. The predicted octanol–water partition coefficient (Wildman–Crippen LogP) is 2.90. The lowest BCUT2D eigenvalue weighted by Crippen LogP contribution is -2.11. The number of nitrogens with zero attached hydrogens (tertiary/aromatic N) is 3. The first-order chi connectivity index (χ1) is 7.88. The lowest BCUT2D eigenvalue weighted by atomic mass is 10.3. The minimum Gasteiger partial charge on any atom is -0.224 e. The van der Waals surface area contributed by atoms with Crippen molar-refractivity contribution in [3.8, 4) is 5.82 Å². The van der Waals surface area contributed by atoms with Crippen molar-refractivity contribution in [1.29, 1.82) is 0 Å². The van der Waals surface area contributed by atoms with E-state index in [2.05, 4.69) is 10.1 Å². The monoisotopic (exact) mass is 241 g/mol. The van der Waals surface area contributed by atoms with Gasteiger partial charge in [-0.3, -0.25) is 0 Å². The van der Waals surface area contributed by atoms with Crippen LogP contribution in [0.3, 0.4) is 0 Å². The smallest absolute Gasteiger partial charge is 0.224 e. The Labute approximate surface area is 95.9 Å². The maximum atomic E-state index is 12.5. The number of rotatable bonds is 1. The molecule has 0 radical (unpaired) electrons. The molecule has 0 unspecified atom stereocenters. The number of hydrogen-bond acceptors (Lipinski definition) is 2. The summed E-state index contributed by atoms with van der Waals surface area (Å²) >= 11 is 0. The predicted molar refractivity (Wildman–Crippen MR) is 55.8 cm³/mol. The highest BCUT2D eigenvalue weighted by molar-refractivity contribution is 5.28. The van der Waals surface area contributed by atoms with Gasteiger partial charge in [-0.25, -0.2) is 9.67 Å². The normalized spacial score (nSPS) is 11.8. The topological polar surface area (TPSA) is 30.7 Å². The van der Waals surface area contributed by atoms with Crippen molar-refractivity contribution in [3.63, 3.8) is 0 Å². The molecule has 0 aliphatic rings. The fraction of sp³-hybridized carbons (Fsp3) is 0.273. The van der Waals surface area contributed by atoms with Crippen molar-refractivity contribution in [2.24, 2.45) is 0 Å². The number of pyridine rings is 1. The van der Waals surface area contributed by atoms with E-state index in [0.29, 0.717) is 0 Å². The number of alkyl halides is 3. The SMILES string of the molecule is Cc1cc(C)n(-c2cccc(C(F)(F)F)n2)n1. The molecule has 0 amide bonds. The fourth-order valence-corrected chi connectivity index (χ4v) is 1.56. The maximum absolute atomic E-state index is 12.5. The largest absolute Gasteiger partial charge is 0.433 e. The van der Waals surface area contributed by atoms with E-state index < -0.39 is 11.9 Å². The summed E-state index contributed by atoms with van der Waals surface area (Å²) in [7, 11) is 0. The van der Waals surface area contributed by atoms with Crippen molar-refractivity contribution in [2.45, 2.75) is 20.0 Å². The molecular formula is C11H10F3N3. The van der Waals surface area contributed by atoms with Crippen molar-refractivity contribution >= 4 is 0 Å². The third-order valence-corrected chi connectivity index (χ3v) is 2.25. The molecule has 3 nitrogen and oxygen atoms in total. The van der Waals surface area contributed by atoms with E-state index >= 15 is 0 Å². The van der Waals surface area contributed by atoms with Crippen molar-refractivity contribution < 1.29 is 13.2 Å². The molecule has 2 aromatic heterocycles. The van der Waals surface area contributed by atoms with Crippen molar-refractivity contribution in [1.82, 2.24) is 14.8 Å². The van der Waals surface area contributed by atoms with Gasteiger partial charge in [0.15, 0.2) is 5.82 Å². The van der Waals surface area contributed by atoms with Gasteiger partial charge in [0.1, 0.15) is 5.69 Å². The van der Waals surface area contributed by atoms with Gasteiger partial charge in [-0.2, -0.15) is 18.3 Å². The van der Waals surface area contributed by atoms with Gasteiger partial charge in [-0.15, -0.1) is 0 Å². The second-order valence-electron chi connectivity index (χ2n) is 3.72. The second kappa shape index (κ2) is 3.87. The minimum absolute atomic E-state index is 0.172. The zero-order valence-electron chi connectivity index (χ0n) is 9.28. The van der Waals surface area contributed by atoms with Gasteiger partial charge in [0.25, 0.3) is 0 Å². The lowest BCUT2D eigenvalue weighted by molar-refractivity contribution is -0.141. The van der Waals surface area contributed by atoms with E-state index in [1.165, 1.54) is 16.8 Å². The van der Waals surface area contributed by atoms with E-state index in [-0.39, 0.29) is 5.82 Å². The van der Waals surface area contributed by atoms with E-state index in [1.54, 1.807) is 19.9 Å². The summed E-state index contributed by atoms with van der Waals surface area (Å²) in [5.41, 5.74) is 0.568. The molecule has 0 atom stereocenters. The standard InChI is InChI=1S/C11H10F3N3/c1-7-6-8(2)17(16-7)10-5-3-4-9(15-10)11(12,13)14/h3-6H,1-2H3. The molecule has 2 rings (SSSR count). The van der Waals surface area contributed by atoms with Gasteiger partial charge < -0.3 is 0 Å². The number of hydrogen-bond donors (Lipinski definition) is 0. The zero-order valence-corrected chi connectivity index (χ0v) is 9.28. The summed E-state index contributed by atoms with van der Waals surface area (Å²) in [6.07, 6.45) is -4.44. The van der Waals surface area contributed by atoms with E-state index in [0.717, 1.165) is 17.5 Å². The summed E-state index contributed by atoms with van der Waals surface area (Å²) in [4.78, 5) is 3.56. The van der Waals surface area contributed by atoms with Gasteiger partial charge in [-0.05, 0) is 32.0 Å². The van der Waals surface area contributed by atoms with Crippen LogP contribution in [0.2, 0.25) is 0 Å². The van der Waals surface area contributed by atoms with Crippen LogP contribution in [0.4, 0.5) is 13.2 Å². The molecule has 0 N–H and O–H groups in total. The van der Waals surface area contributed by atoms with Crippen LogP contribution in [0.15, 0.2) is 24.3 Å². The minimum atomic E-state index is -4.44. The molecule has 2 heterocycles. The van der Waals surface area contributed by atoms with Gasteiger partial charge >= 0.3 is 6.18 Å².